The van der Waals surface area contributed by atoms with Gasteiger partial charge in [0.2, 0.25) is 0 Å². The van der Waals surface area contributed by atoms with E-state index in [1.807, 2.05) is 19.1 Å². The fourth-order valence-electron chi connectivity index (χ4n) is 1.74. The molecule has 0 fully saturated rings. The van der Waals surface area contributed by atoms with E-state index in [1.54, 1.807) is 13.2 Å². The second-order valence-electron chi connectivity index (χ2n) is 4.68. The zero-order valence-electron chi connectivity index (χ0n) is 11.6. The monoisotopic (exact) mass is 258 g/mol. The number of nitrogens with two attached hydrogens (primary N) is 1. The molecule has 1 aromatic heterocycles. The van der Waals surface area contributed by atoms with Gasteiger partial charge in [0.05, 0.1) is 12.8 Å². The number of benzene rings is 1. The molecule has 19 heavy (non-hydrogen) atoms. The summed E-state index contributed by atoms with van der Waals surface area (Å²) >= 11 is 0. The first-order valence-corrected chi connectivity index (χ1v) is 6.17. The summed E-state index contributed by atoms with van der Waals surface area (Å²) in [6.45, 7) is 5.98. The lowest BCUT2D eigenvalue weighted by Gasteiger charge is -2.09. The van der Waals surface area contributed by atoms with Crippen LogP contribution in [0.2, 0.25) is 0 Å². The molecule has 0 aliphatic heterocycles. The second kappa shape index (κ2) is 5.22. The topological polar surface area (TPSA) is 73.9 Å². The van der Waals surface area contributed by atoms with Gasteiger partial charge in [0.1, 0.15) is 17.4 Å². The van der Waals surface area contributed by atoms with E-state index in [0.29, 0.717) is 23.1 Å². The molecule has 5 nitrogen and oxygen atoms in total. The van der Waals surface area contributed by atoms with Gasteiger partial charge < -0.3 is 10.5 Å². The SMILES string of the molecule is COc1cc(-c2nc(C)nc(C(C)C)n2)ccc1N. The van der Waals surface area contributed by atoms with Crippen LogP contribution in [-0.2, 0) is 0 Å². The Labute approximate surface area is 112 Å². The zero-order chi connectivity index (χ0) is 14.0. The Morgan fingerprint density at radius 1 is 1.16 bits per heavy atom. The van der Waals surface area contributed by atoms with Crippen LogP contribution in [0, 0.1) is 6.92 Å². The average Bonchev–Trinajstić information content (AvgIpc) is 2.38. The van der Waals surface area contributed by atoms with Gasteiger partial charge in [-0.15, -0.1) is 0 Å². The molecule has 0 aliphatic carbocycles. The minimum atomic E-state index is 0.260. The van der Waals surface area contributed by atoms with Crippen molar-refractivity contribution in [3.63, 3.8) is 0 Å². The van der Waals surface area contributed by atoms with E-state index in [0.717, 1.165) is 11.4 Å². The van der Waals surface area contributed by atoms with Gasteiger partial charge in [0.15, 0.2) is 5.82 Å². The molecule has 0 aliphatic rings. The van der Waals surface area contributed by atoms with Gasteiger partial charge in [0, 0.05) is 11.5 Å². The van der Waals surface area contributed by atoms with E-state index < -0.39 is 0 Å². The molecular formula is C14H18N4O. The summed E-state index contributed by atoms with van der Waals surface area (Å²) in [7, 11) is 1.59. The van der Waals surface area contributed by atoms with Crippen molar-refractivity contribution < 1.29 is 4.74 Å². The number of hydrogen-bond acceptors (Lipinski definition) is 5. The fraction of sp³-hybridized carbons (Fsp3) is 0.357. The van der Waals surface area contributed by atoms with Crippen molar-refractivity contribution in [1.82, 2.24) is 15.0 Å². The number of aryl methyl sites for hydroxylation is 1. The molecule has 0 saturated carbocycles. The Hall–Kier alpha value is -2.17. The molecule has 0 amide bonds. The van der Waals surface area contributed by atoms with Crippen molar-refractivity contribution in [2.45, 2.75) is 26.7 Å². The molecule has 2 N–H and O–H groups in total. The van der Waals surface area contributed by atoms with Crippen molar-refractivity contribution in [2.24, 2.45) is 0 Å². The number of ether oxygens (including phenoxy) is 1. The van der Waals surface area contributed by atoms with Crippen LogP contribution in [0.3, 0.4) is 0 Å². The Morgan fingerprint density at radius 3 is 2.53 bits per heavy atom. The van der Waals surface area contributed by atoms with Crippen LogP contribution in [0.15, 0.2) is 18.2 Å². The number of anilines is 1. The standard InChI is InChI=1S/C14H18N4O/c1-8(2)13-16-9(3)17-14(18-13)10-5-6-11(15)12(7-10)19-4/h5-8H,15H2,1-4H3. The Kier molecular flexibility index (Phi) is 3.64. The summed E-state index contributed by atoms with van der Waals surface area (Å²) in [5, 5.41) is 0. The van der Waals surface area contributed by atoms with E-state index in [-0.39, 0.29) is 5.92 Å². The maximum Gasteiger partial charge on any atom is 0.163 e. The summed E-state index contributed by atoms with van der Waals surface area (Å²) < 4.78 is 5.22. The van der Waals surface area contributed by atoms with Crippen molar-refractivity contribution in [3.05, 3.63) is 29.8 Å². The van der Waals surface area contributed by atoms with Gasteiger partial charge in [-0.1, -0.05) is 13.8 Å². The van der Waals surface area contributed by atoms with Crippen LogP contribution in [0.25, 0.3) is 11.4 Å². The highest BCUT2D eigenvalue weighted by Gasteiger charge is 2.10. The number of rotatable bonds is 3. The van der Waals surface area contributed by atoms with Crippen molar-refractivity contribution in [2.75, 3.05) is 12.8 Å². The minimum absolute atomic E-state index is 0.260. The van der Waals surface area contributed by atoms with E-state index in [2.05, 4.69) is 28.8 Å². The van der Waals surface area contributed by atoms with Crippen LogP contribution < -0.4 is 10.5 Å². The zero-order valence-corrected chi connectivity index (χ0v) is 11.6. The predicted molar refractivity (Wildman–Crippen MR) is 75.1 cm³/mol. The average molecular weight is 258 g/mol. The maximum absolute atomic E-state index is 5.81. The number of nitrogens with zero attached hydrogens (tertiary/aromatic N) is 3. The van der Waals surface area contributed by atoms with Crippen molar-refractivity contribution in [1.29, 1.82) is 0 Å². The lowest BCUT2D eigenvalue weighted by molar-refractivity contribution is 0.417. The van der Waals surface area contributed by atoms with E-state index in [1.165, 1.54) is 0 Å². The highest BCUT2D eigenvalue weighted by atomic mass is 16.5. The minimum Gasteiger partial charge on any atom is -0.495 e. The predicted octanol–water partition coefficient (Wildman–Crippen LogP) is 2.56. The van der Waals surface area contributed by atoms with Gasteiger partial charge in [-0.3, -0.25) is 0 Å². The van der Waals surface area contributed by atoms with E-state index in [9.17, 15) is 0 Å². The summed E-state index contributed by atoms with van der Waals surface area (Å²) in [5.74, 6) is 3.04. The Balaban J connectivity index is 2.52. The number of nitrogen functional groups attached to an aromatic ring is 1. The number of hydrogen-bond donors (Lipinski definition) is 1. The quantitative estimate of drug-likeness (QED) is 0.856. The molecule has 0 saturated heterocycles. The highest BCUT2D eigenvalue weighted by molar-refractivity contribution is 5.65. The molecule has 0 unspecified atom stereocenters. The van der Waals surface area contributed by atoms with Crippen LogP contribution in [0.4, 0.5) is 5.69 Å². The van der Waals surface area contributed by atoms with Gasteiger partial charge in [-0.05, 0) is 25.1 Å². The van der Waals surface area contributed by atoms with Crippen LogP contribution >= 0.6 is 0 Å². The van der Waals surface area contributed by atoms with Gasteiger partial charge in [0.25, 0.3) is 0 Å². The number of aromatic nitrogens is 3. The molecule has 2 rings (SSSR count). The van der Waals surface area contributed by atoms with E-state index >= 15 is 0 Å². The Morgan fingerprint density at radius 2 is 1.89 bits per heavy atom. The maximum atomic E-state index is 5.81. The van der Waals surface area contributed by atoms with Gasteiger partial charge in [-0.2, -0.15) is 0 Å². The van der Waals surface area contributed by atoms with Gasteiger partial charge >= 0.3 is 0 Å². The first kappa shape index (κ1) is 13.3. The molecule has 5 heteroatoms. The van der Waals surface area contributed by atoms with E-state index in [4.69, 9.17) is 10.5 Å². The van der Waals surface area contributed by atoms with Crippen LogP contribution in [-0.4, -0.2) is 22.1 Å². The summed E-state index contributed by atoms with van der Waals surface area (Å²) in [6, 6.07) is 5.52. The molecule has 0 radical (unpaired) electrons. The van der Waals surface area contributed by atoms with Crippen molar-refractivity contribution in [3.8, 4) is 17.1 Å². The molecule has 0 bridgehead atoms. The third kappa shape index (κ3) is 2.81. The molecule has 1 aromatic carbocycles. The third-order valence-electron chi connectivity index (χ3n) is 2.77. The lowest BCUT2D eigenvalue weighted by Crippen LogP contribution is -2.04. The molecule has 2 aromatic rings. The second-order valence-corrected chi connectivity index (χ2v) is 4.68. The first-order valence-electron chi connectivity index (χ1n) is 6.17. The summed E-state index contributed by atoms with van der Waals surface area (Å²) in [4.78, 5) is 13.2. The molecule has 0 spiro atoms. The summed E-state index contributed by atoms with van der Waals surface area (Å²) in [6.07, 6.45) is 0. The van der Waals surface area contributed by atoms with Crippen LogP contribution in [0.1, 0.15) is 31.4 Å². The lowest BCUT2D eigenvalue weighted by atomic mass is 10.1. The molecule has 100 valence electrons. The summed E-state index contributed by atoms with van der Waals surface area (Å²) in [5.41, 5.74) is 7.28. The Bertz CT molecular complexity index is 596. The number of methoxy groups -OCH3 is 1. The first-order chi connectivity index (χ1) is 9.01. The highest BCUT2D eigenvalue weighted by Crippen LogP contribution is 2.27. The smallest absolute Gasteiger partial charge is 0.163 e. The normalized spacial score (nSPS) is 10.8. The molecule has 1 heterocycles. The van der Waals surface area contributed by atoms with Crippen molar-refractivity contribution >= 4 is 5.69 Å². The molecular weight excluding hydrogens is 240 g/mol. The van der Waals surface area contributed by atoms with Gasteiger partial charge in [-0.25, -0.2) is 15.0 Å². The molecule has 0 atom stereocenters. The largest absolute Gasteiger partial charge is 0.495 e. The third-order valence-corrected chi connectivity index (χ3v) is 2.77. The fourth-order valence-corrected chi connectivity index (χ4v) is 1.74. The van der Waals surface area contributed by atoms with Crippen LogP contribution in [0.5, 0.6) is 5.75 Å².